The number of hydrogen-bond acceptors (Lipinski definition) is 6. The Morgan fingerprint density at radius 2 is 2.00 bits per heavy atom. The summed E-state index contributed by atoms with van der Waals surface area (Å²) in [6.07, 6.45) is 1.53. The third-order valence-electron chi connectivity index (χ3n) is 3.66. The van der Waals surface area contributed by atoms with Gasteiger partial charge in [0.25, 0.3) is 5.91 Å². The highest BCUT2D eigenvalue weighted by Crippen LogP contribution is 2.27. The molecule has 3 aromatic rings. The van der Waals surface area contributed by atoms with Crippen LogP contribution < -0.4 is 15.8 Å². The summed E-state index contributed by atoms with van der Waals surface area (Å²) in [6, 6.07) is 13.6. The first-order chi connectivity index (χ1) is 12.9. The number of carbonyl (C=O) groups is 1. The lowest BCUT2D eigenvalue weighted by atomic mass is 10.1. The third kappa shape index (κ3) is 4.52. The van der Waals surface area contributed by atoms with E-state index in [9.17, 15) is 9.90 Å². The summed E-state index contributed by atoms with van der Waals surface area (Å²) in [5, 5.41) is 12.6. The molecule has 0 fully saturated rings. The van der Waals surface area contributed by atoms with Crippen LogP contribution in [0, 0.1) is 0 Å². The van der Waals surface area contributed by atoms with Crippen LogP contribution in [0.2, 0.25) is 0 Å². The van der Waals surface area contributed by atoms with Gasteiger partial charge in [-0.05, 0) is 50.2 Å². The lowest BCUT2D eigenvalue weighted by Crippen LogP contribution is -2.15. The molecule has 7 heteroatoms. The van der Waals surface area contributed by atoms with E-state index in [1.807, 2.05) is 19.9 Å². The average molecular weight is 364 g/mol. The van der Waals surface area contributed by atoms with Crippen molar-refractivity contribution in [2.24, 2.45) is 5.73 Å². The van der Waals surface area contributed by atoms with E-state index in [2.05, 4.69) is 15.3 Å². The molecular weight excluding hydrogens is 344 g/mol. The van der Waals surface area contributed by atoms with E-state index in [0.717, 1.165) is 0 Å². The topological polar surface area (TPSA) is 110 Å². The van der Waals surface area contributed by atoms with Crippen molar-refractivity contribution in [1.29, 1.82) is 0 Å². The van der Waals surface area contributed by atoms with Gasteiger partial charge in [-0.2, -0.15) is 0 Å². The summed E-state index contributed by atoms with van der Waals surface area (Å²) in [5.41, 5.74) is 7.77. The number of hydrogen-bond donors (Lipinski definition) is 3. The second-order valence-electron chi connectivity index (χ2n) is 6.18. The van der Waals surface area contributed by atoms with Gasteiger partial charge in [-0.1, -0.05) is 6.07 Å². The molecule has 0 saturated carbocycles. The maximum absolute atomic E-state index is 11.8. The number of nitrogens with two attached hydrogens (primary N) is 1. The first-order valence-electron chi connectivity index (χ1n) is 8.42. The number of amides is 1. The van der Waals surface area contributed by atoms with Crippen molar-refractivity contribution in [3.05, 3.63) is 60.3 Å². The monoisotopic (exact) mass is 364 g/mol. The molecule has 0 bridgehead atoms. The Balaban J connectivity index is 1.92. The van der Waals surface area contributed by atoms with Crippen molar-refractivity contribution >= 4 is 17.5 Å². The van der Waals surface area contributed by atoms with Crippen LogP contribution in [0.3, 0.4) is 0 Å². The van der Waals surface area contributed by atoms with E-state index in [4.69, 9.17) is 10.5 Å². The van der Waals surface area contributed by atoms with Crippen molar-refractivity contribution in [2.45, 2.75) is 20.0 Å². The Kier molecular flexibility index (Phi) is 5.21. The Hall–Kier alpha value is -3.61. The predicted octanol–water partition coefficient (Wildman–Crippen LogP) is 3.48. The molecule has 0 radical (unpaired) electrons. The number of carbonyl (C=O) groups excluding carboxylic acids is 1. The maximum atomic E-state index is 11.8. The summed E-state index contributed by atoms with van der Waals surface area (Å²) in [4.78, 5) is 20.4. The minimum atomic E-state index is -0.570. The number of anilines is 2. The minimum Gasteiger partial charge on any atom is -0.508 e. The number of nitrogens with zero attached hydrogens (tertiary/aromatic N) is 2. The fourth-order valence-corrected chi connectivity index (χ4v) is 2.53. The zero-order valence-electron chi connectivity index (χ0n) is 15.0. The van der Waals surface area contributed by atoms with Gasteiger partial charge in [-0.3, -0.25) is 4.79 Å². The maximum Gasteiger partial charge on any atom is 0.252 e. The first-order valence-corrected chi connectivity index (χ1v) is 8.42. The second kappa shape index (κ2) is 7.74. The molecule has 0 spiro atoms. The molecule has 1 aromatic heterocycles. The van der Waals surface area contributed by atoms with E-state index in [-0.39, 0.29) is 11.9 Å². The van der Waals surface area contributed by atoms with Gasteiger partial charge in [0, 0.05) is 23.5 Å². The van der Waals surface area contributed by atoms with Crippen molar-refractivity contribution in [3.8, 4) is 22.8 Å². The van der Waals surface area contributed by atoms with Gasteiger partial charge >= 0.3 is 0 Å². The largest absolute Gasteiger partial charge is 0.508 e. The van der Waals surface area contributed by atoms with E-state index < -0.39 is 5.91 Å². The Morgan fingerprint density at radius 3 is 2.70 bits per heavy atom. The predicted molar refractivity (Wildman–Crippen MR) is 103 cm³/mol. The highest BCUT2D eigenvalue weighted by atomic mass is 16.5. The van der Waals surface area contributed by atoms with Crippen LogP contribution in [0.1, 0.15) is 24.2 Å². The highest BCUT2D eigenvalue weighted by Gasteiger charge is 2.13. The summed E-state index contributed by atoms with van der Waals surface area (Å²) >= 11 is 0. The molecule has 0 aliphatic heterocycles. The van der Waals surface area contributed by atoms with Gasteiger partial charge < -0.3 is 20.9 Å². The number of ether oxygens (including phenoxy) is 1. The number of nitrogens with one attached hydrogen (secondary N) is 1. The summed E-state index contributed by atoms with van der Waals surface area (Å²) < 4.78 is 5.64. The van der Waals surface area contributed by atoms with Crippen molar-refractivity contribution in [3.63, 3.8) is 0 Å². The van der Waals surface area contributed by atoms with Gasteiger partial charge in [0.2, 0.25) is 5.95 Å². The normalized spacial score (nSPS) is 10.6. The van der Waals surface area contributed by atoms with Crippen molar-refractivity contribution < 1.29 is 14.6 Å². The summed E-state index contributed by atoms with van der Waals surface area (Å²) in [6.45, 7) is 3.75. The highest BCUT2D eigenvalue weighted by molar-refractivity contribution is 5.97. The number of primary amides is 1. The van der Waals surface area contributed by atoms with E-state index >= 15 is 0 Å². The number of rotatable bonds is 6. The van der Waals surface area contributed by atoms with Gasteiger partial charge in [-0.15, -0.1) is 0 Å². The van der Waals surface area contributed by atoms with Gasteiger partial charge in [0.15, 0.2) is 0 Å². The fraction of sp³-hybridized carbons (Fsp3) is 0.150. The van der Waals surface area contributed by atoms with Crippen LogP contribution in [0.5, 0.6) is 11.5 Å². The lowest BCUT2D eigenvalue weighted by Gasteiger charge is -2.14. The van der Waals surface area contributed by atoms with E-state index in [1.165, 1.54) is 0 Å². The fourth-order valence-electron chi connectivity index (χ4n) is 2.53. The lowest BCUT2D eigenvalue weighted by molar-refractivity contribution is 0.0994. The third-order valence-corrected chi connectivity index (χ3v) is 3.66. The number of aromatic hydroxyl groups is 1. The van der Waals surface area contributed by atoms with E-state index in [0.29, 0.717) is 34.2 Å². The molecule has 7 nitrogen and oxygen atoms in total. The molecule has 0 aliphatic rings. The smallest absolute Gasteiger partial charge is 0.252 e. The Labute approximate surface area is 156 Å². The van der Waals surface area contributed by atoms with Crippen LogP contribution in [0.25, 0.3) is 11.3 Å². The molecule has 1 heterocycles. The van der Waals surface area contributed by atoms with Crippen LogP contribution in [-0.4, -0.2) is 27.1 Å². The van der Waals surface area contributed by atoms with Crippen LogP contribution in [0.15, 0.2) is 54.7 Å². The molecule has 138 valence electrons. The van der Waals surface area contributed by atoms with Crippen molar-refractivity contribution in [2.75, 3.05) is 5.32 Å². The SMILES string of the molecule is CC(C)Oc1ccc(-c2ccnc(Nc3cccc(O)c3)n2)cc1C(N)=O. The van der Waals surface area contributed by atoms with Gasteiger partial charge in [-0.25, -0.2) is 9.97 Å². The zero-order valence-corrected chi connectivity index (χ0v) is 15.0. The number of benzene rings is 2. The second-order valence-corrected chi connectivity index (χ2v) is 6.18. The Bertz CT molecular complexity index is 973. The average Bonchev–Trinajstić information content (AvgIpc) is 2.61. The number of aromatic nitrogens is 2. The van der Waals surface area contributed by atoms with Crippen molar-refractivity contribution in [1.82, 2.24) is 9.97 Å². The van der Waals surface area contributed by atoms with Crippen LogP contribution in [0.4, 0.5) is 11.6 Å². The van der Waals surface area contributed by atoms with Gasteiger partial charge in [0.1, 0.15) is 11.5 Å². The molecule has 2 aromatic carbocycles. The molecule has 3 rings (SSSR count). The molecule has 0 aliphatic carbocycles. The molecule has 0 atom stereocenters. The molecule has 0 saturated heterocycles. The minimum absolute atomic E-state index is 0.0777. The first kappa shape index (κ1) is 18.2. The zero-order chi connectivity index (χ0) is 19.4. The molecule has 27 heavy (non-hydrogen) atoms. The van der Waals surface area contributed by atoms with Crippen LogP contribution >= 0.6 is 0 Å². The van der Waals surface area contributed by atoms with Crippen LogP contribution in [-0.2, 0) is 0 Å². The number of phenols is 1. The van der Waals surface area contributed by atoms with Gasteiger partial charge in [0.05, 0.1) is 17.4 Å². The summed E-state index contributed by atoms with van der Waals surface area (Å²) in [7, 11) is 0. The molecule has 1 amide bonds. The summed E-state index contributed by atoms with van der Waals surface area (Å²) in [5.74, 6) is 0.373. The molecular formula is C20H20N4O3. The number of phenolic OH excluding ortho intramolecular Hbond substituents is 1. The Morgan fingerprint density at radius 1 is 1.19 bits per heavy atom. The molecule has 0 unspecified atom stereocenters. The molecule has 4 N–H and O–H groups in total. The standard InChI is InChI=1S/C20H20N4O3/c1-12(2)27-18-7-6-13(10-16(18)19(21)26)17-8-9-22-20(24-17)23-14-4-3-5-15(25)11-14/h3-12,25H,1-2H3,(H2,21,26)(H,22,23,24). The quantitative estimate of drug-likeness (QED) is 0.618. The van der Waals surface area contributed by atoms with E-state index in [1.54, 1.807) is 48.7 Å².